The predicted octanol–water partition coefficient (Wildman–Crippen LogP) is 2.63. The zero-order chi connectivity index (χ0) is 16.4. The molecule has 0 aromatic carbocycles. The van der Waals surface area contributed by atoms with Gasteiger partial charge in [0.25, 0.3) is 0 Å². The summed E-state index contributed by atoms with van der Waals surface area (Å²) in [6.45, 7) is 0.857. The maximum absolute atomic E-state index is 12.1. The lowest BCUT2D eigenvalue weighted by Crippen LogP contribution is -2.20. The standard InChI is InChI=1S/C14H16F3N5O/c1-9-18-13(10-3-2-4-10)21-22(9)7-11-5-6-12(20-19-11)23-8-14(15,16)17/h5-6,10H,2-4,7-8H2,1H3. The maximum atomic E-state index is 12.1. The summed E-state index contributed by atoms with van der Waals surface area (Å²) < 4.78 is 42.4. The Morgan fingerprint density at radius 2 is 2.04 bits per heavy atom. The fraction of sp³-hybridized carbons (Fsp3) is 0.571. The van der Waals surface area contributed by atoms with Crippen LogP contribution in [0.4, 0.5) is 13.2 Å². The Balaban J connectivity index is 1.63. The summed E-state index contributed by atoms with van der Waals surface area (Å²) in [5, 5.41) is 12.0. The molecule has 124 valence electrons. The molecule has 1 aliphatic rings. The minimum absolute atomic E-state index is 0.156. The second kappa shape index (κ2) is 6.13. The van der Waals surface area contributed by atoms with Gasteiger partial charge in [0.2, 0.25) is 5.88 Å². The molecule has 2 aromatic heterocycles. The van der Waals surface area contributed by atoms with Gasteiger partial charge in [0.15, 0.2) is 12.4 Å². The van der Waals surface area contributed by atoms with Gasteiger partial charge in [-0.1, -0.05) is 6.42 Å². The second-order valence-electron chi connectivity index (χ2n) is 5.57. The van der Waals surface area contributed by atoms with Crippen molar-refractivity contribution < 1.29 is 17.9 Å². The number of hydrogen-bond donors (Lipinski definition) is 0. The van der Waals surface area contributed by atoms with Crippen LogP contribution in [0.3, 0.4) is 0 Å². The smallest absolute Gasteiger partial charge is 0.422 e. The van der Waals surface area contributed by atoms with E-state index in [0.717, 1.165) is 24.5 Å². The van der Waals surface area contributed by atoms with Crippen LogP contribution in [0.2, 0.25) is 0 Å². The Morgan fingerprint density at radius 1 is 1.26 bits per heavy atom. The molecule has 0 amide bonds. The molecule has 0 saturated heterocycles. The van der Waals surface area contributed by atoms with Gasteiger partial charge >= 0.3 is 6.18 Å². The highest BCUT2D eigenvalue weighted by Crippen LogP contribution is 2.34. The molecule has 0 N–H and O–H groups in total. The van der Waals surface area contributed by atoms with Crippen LogP contribution in [0.15, 0.2) is 12.1 Å². The van der Waals surface area contributed by atoms with Gasteiger partial charge in [0.05, 0.1) is 12.2 Å². The van der Waals surface area contributed by atoms with Crippen molar-refractivity contribution in [2.24, 2.45) is 0 Å². The summed E-state index contributed by atoms with van der Waals surface area (Å²) in [5.74, 6) is 1.92. The van der Waals surface area contributed by atoms with Crippen molar-refractivity contribution in [2.75, 3.05) is 6.61 Å². The number of ether oxygens (including phenoxy) is 1. The minimum Gasteiger partial charge on any atom is -0.467 e. The van der Waals surface area contributed by atoms with Gasteiger partial charge in [-0.05, 0) is 25.8 Å². The molecule has 3 rings (SSSR count). The Hall–Kier alpha value is -2.19. The topological polar surface area (TPSA) is 65.7 Å². The molecule has 9 heteroatoms. The van der Waals surface area contributed by atoms with E-state index in [1.54, 1.807) is 10.7 Å². The molecule has 2 aromatic rings. The normalized spacial score (nSPS) is 15.5. The average molecular weight is 327 g/mol. The number of halogens is 3. The Labute approximate surface area is 130 Å². The van der Waals surface area contributed by atoms with Crippen LogP contribution in [0.1, 0.15) is 42.5 Å². The van der Waals surface area contributed by atoms with Gasteiger partial charge in [0.1, 0.15) is 5.82 Å². The molecule has 1 fully saturated rings. The number of aryl methyl sites for hydroxylation is 1. The van der Waals surface area contributed by atoms with Crippen LogP contribution >= 0.6 is 0 Å². The highest BCUT2D eigenvalue weighted by atomic mass is 19.4. The van der Waals surface area contributed by atoms with E-state index >= 15 is 0 Å². The van der Waals surface area contributed by atoms with Gasteiger partial charge in [-0.2, -0.15) is 18.3 Å². The third-order valence-electron chi connectivity index (χ3n) is 3.73. The molecule has 1 aliphatic carbocycles. The van der Waals surface area contributed by atoms with Crippen LogP contribution in [0.5, 0.6) is 5.88 Å². The molecule has 0 aliphatic heterocycles. The molecular weight excluding hydrogens is 311 g/mol. The van der Waals surface area contributed by atoms with Gasteiger partial charge in [-0.15, -0.1) is 10.2 Å². The van der Waals surface area contributed by atoms with Crippen molar-refractivity contribution >= 4 is 0 Å². The van der Waals surface area contributed by atoms with Crippen molar-refractivity contribution in [1.82, 2.24) is 25.0 Å². The molecule has 0 spiro atoms. The third-order valence-corrected chi connectivity index (χ3v) is 3.73. The van der Waals surface area contributed by atoms with Gasteiger partial charge in [0, 0.05) is 12.0 Å². The largest absolute Gasteiger partial charge is 0.467 e. The van der Waals surface area contributed by atoms with Crippen LogP contribution in [-0.4, -0.2) is 37.7 Å². The lowest BCUT2D eigenvalue weighted by Gasteiger charge is -2.21. The van der Waals surface area contributed by atoms with Gasteiger partial charge < -0.3 is 4.74 Å². The van der Waals surface area contributed by atoms with Crippen LogP contribution in [0.25, 0.3) is 0 Å². The summed E-state index contributed by atoms with van der Waals surface area (Å²) >= 11 is 0. The van der Waals surface area contributed by atoms with Crippen molar-refractivity contribution in [1.29, 1.82) is 0 Å². The molecule has 0 bridgehead atoms. The summed E-state index contributed by atoms with van der Waals surface area (Å²) in [7, 11) is 0. The fourth-order valence-electron chi connectivity index (χ4n) is 2.25. The van der Waals surface area contributed by atoms with E-state index in [1.165, 1.54) is 12.5 Å². The molecule has 2 heterocycles. The van der Waals surface area contributed by atoms with E-state index in [1.807, 2.05) is 6.92 Å². The highest BCUT2D eigenvalue weighted by molar-refractivity contribution is 5.12. The second-order valence-corrected chi connectivity index (χ2v) is 5.57. The Morgan fingerprint density at radius 3 is 2.61 bits per heavy atom. The summed E-state index contributed by atoms with van der Waals surface area (Å²) in [5.41, 5.74) is 0.581. The van der Waals surface area contributed by atoms with E-state index in [0.29, 0.717) is 18.2 Å². The molecule has 0 unspecified atom stereocenters. The third kappa shape index (κ3) is 3.96. The van der Waals surface area contributed by atoms with Crippen molar-refractivity contribution in [2.45, 2.75) is 44.8 Å². The number of nitrogens with zero attached hydrogens (tertiary/aromatic N) is 5. The van der Waals surface area contributed by atoms with E-state index in [9.17, 15) is 13.2 Å². The minimum atomic E-state index is -4.39. The Kier molecular flexibility index (Phi) is 4.18. The number of aromatic nitrogens is 5. The van der Waals surface area contributed by atoms with Crippen LogP contribution < -0.4 is 4.74 Å². The van der Waals surface area contributed by atoms with Crippen LogP contribution in [0, 0.1) is 6.92 Å². The monoisotopic (exact) mass is 327 g/mol. The molecule has 23 heavy (non-hydrogen) atoms. The molecule has 0 radical (unpaired) electrons. The first-order valence-corrected chi connectivity index (χ1v) is 7.34. The quantitative estimate of drug-likeness (QED) is 0.844. The van der Waals surface area contributed by atoms with E-state index in [2.05, 4.69) is 25.0 Å². The first kappa shape index (κ1) is 15.7. The number of hydrogen-bond acceptors (Lipinski definition) is 5. The maximum Gasteiger partial charge on any atom is 0.422 e. The van der Waals surface area contributed by atoms with Gasteiger partial charge in [-0.3, -0.25) is 0 Å². The molecule has 1 saturated carbocycles. The van der Waals surface area contributed by atoms with Gasteiger partial charge in [-0.25, -0.2) is 9.67 Å². The number of rotatable bonds is 5. The lowest BCUT2D eigenvalue weighted by molar-refractivity contribution is -0.154. The average Bonchev–Trinajstić information content (AvgIpc) is 2.76. The van der Waals surface area contributed by atoms with Crippen LogP contribution in [-0.2, 0) is 6.54 Å². The van der Waals surface area contributed by atoms with Crippen molar-refractivity contribution in [3.63, 3.8) is 0 Å². The SMILES string of the molecule is Cc1nc(C2CCC2)nn1Cc1ccc(OCC(F)(F)F)nn1. The fourth-order valence-corrected chi connectivity index (χ4v) is 2.25. The summed E-state index contributed by atoms with van der Waals surface area (Å²) in [6.07, 6.45) is -0.942. The zero-order valence-electron chi connectivity index (χ0n) is 12.5. The number of alkyl halides is 3. The van der Waals surface area contributed by atoms with Crippen molar-refractivity contribution in [3.05, 3.63) is 29.5 Å². The predicted molar refractivity (Wildman–Crippen MR) is 74.0 cm³/mol. The molecular formula is C14H16F3N5O. The zero-order valence-corrected chi connectivity index (χ0v) is 12.5. The Bertz CT molecular complexity index is 664. The summed E-state index contributed by atoms with van der Waals surface area (Å²) in [4.78, 5) is 4.46. The first-order valence-electron chi connectivity index (χ1n) is 7.34. The molecule has 0 atom stereocenters. The summed E-state index contributed by atoms with van der Waals surface area (Å²) in [6, 6.07) is 2.94. The lowest BCUT2D eigenvalue weighted by atomic mass is 9.85. The highest BCUT2D eigenvalue weighted by Gasteiger charge is 2.28. The van der Waals surface area contributed by atoms with E-state index in [-0.39, 0.29) is 5.88 Å². The molecule has 6 nitrogen and oxygen atoms in total. The first-order chi connectivity index (χ1) is 10.9. The van der Waals surface area contributed by atoms with E-state index < -0.39 is 12.8 Å². The van der Waals surface area contributed by atoms with E-state index in [4.69, 9.17) is 0 Å². The van der Waals surface area contributed by atoms with Crippen molar-refractivity contribution in [3.8, 4) is 5.88 Å².